The second kappa shape index (κ2) is 6.94. The molecule has 31 heavy (non-hydrogen) atoms. The van der Waals surface area contributed by atoms with Crippen molar-refractivity contribution in [3.8, 4) is 0 Å². The van der Waals surface area contributed by atoms with E-state index in [1.54, 1.807) is 18.2 Å². The summed E-state index contributed by atoms with van der Waals surface area (Å²) < 4.78 is 24.2. The second-order valence-electron chi connectivity index (χ2n) is 8.68. The summed E-state index contributed by atoms with van der Waals surface area (Å²) >= 11 is 0. The average Bonchev–Trinajstić information content (AvgIpc) is 3.10. The lowest BCUT2D eigenvalue weighted by molar-refractivity contribution is -0.136. The molecule has 4 amide bonds. The van der Waals surface area contributed by atoms with Gasteiger partial charge in [0.05, 0.1) is 21.6 Å². The number of rotatable bonds is 4. The van der Waals surface area contributed by atoms with Gasteiger partial charge in [-0.05, 0) is 30.5 Å². The van der Waals surface area contributed by atoms with Crippen LogP contribution in [0.4, 0.5) is 0 Å². The van der Waals surface area contributed by atoms with Crippen molar-refractivity contribution in [2.45, 2.75) is 42.6 Å². The van der Waals surface area contributed by atoms with Crippen LogP contribution in [-0.2, 0) is 26.0 Å². The van der Waals surface area contributed by atoms with Crippen molar-refractivity contribution in [1.29, 1.82) is 0 Å². The first-order valence-corrected chi connectivity index (χ1v) is 11.9. The predicted octanol–water partition coefficient (Wildman–Crippen LogP) is -1.29. The fraction of sp³-hybridized carbons (Fsp3) is 0.500. The molecule has 2 atom stereocenters. The molecular weight excluding hydrogens is 424 g/mol. The van der Waals surface area contributed by atoms with Crippen LogP contribution < -0.4 is 16.0 Å². The summed E-state index contributed by atoms with van der Waals surface area (Å²) in [5.74, 6) is -2.08. The maximum Gasteiger partial charge on any atom is 0.262 e. The molecule has 4 heterocycles. The van der Waals surface area contributed by atoms with Crippen LogP contribution >= 0.6 is 0 Å². The molecule has 4 aliphatic heterocycles. The summed E-state index contributed by atoms with van der Waals surface area (Å²) in [7, 11) is -3.15. The molecule has 0 aromatic heterocycles. The fourth-order valence-electron chi connectivity index (χ4n) is 4.87. The van der Waals surface area contributed by atoms with Gasteiger partial charge in [0, 0.05) is 32.1 Å². The lowest BCUT2D eigenvalue weighted by atomic mass is 9.94. The van der Waals surface area contributed by atoms with Gasteiger partial charge in [-0.1, -0.05) is 6.07 Å². The van der Waals surface area contributed by atoms with Gasteiger partial charge in [0.15, 0.2) is 9.84 Å². The summed E-state index contributed by atoms with van der Waals surface area (Å²) in [6.07, 6.45) is 0.728. The third kappa shape index (κ3) is 3.10. The zero-order valence-electron chi connectivity index (χ0n) is 16.6. The van der Waals surface area contributed by atoms with Crippen LogP contribution in [0.2, 0.25) is 0 Å². The molecule has 3 fully saturated rings. The van der Waals surface area contributed by atoms with E-state index in [9.17, 15) is 27.6 Å². The van der Waals surface area contributed by atoms with E-state index >= 15 is 0 Å². The van der Waals surface area contributed by atoms with Crippen molar-refractivity contribution >= 4 is 33.5 Å². The Morgan fingerprint density at radius 2 is 1.84 bits per heavy atom. The van der Waals surface area contributed by atoms with Crippen molar-refractivity contribution in [2.24, 2.45) is 0 Å². The Bertz CT molecular complexity index is 1130. The normalized spacial score (nSPS) is 28.6. The highest BCUT2D eigenvalue weighted by Gasteiger charge is 2.55. The smallest absolute Gasteiger partial charge is 0.262 e. The first-order chi connectivity index (χ1) is 14.7. The third-order valence-corrected chi connectivity index (χ3v) is 9.31. The van der Waals surface area contributed by atoms with Gasteiger partial charge in [0.2, 0.25) is 11.8 Å². The molecule has 10 nitrogen and oxygen atoms in total. The summed E-state index contributed by atoms with van der Waals surface area (Å²) in [5.41, 5.74) is 1.18. The number of nitrogens with zero attached hydrogens (tertiary/aromatic N) is 1. The second-order valence-corrected chi connectivity index (χ2v) is 11.1. The third-order valence-electron chi connectivity index (χ3n) is 6.69. The lowest BCUT2D eigenvalue weighted by Gasteiger charge is -2.37. The standard InChI is InChI=1S/C20H22N4O6S/c25-16-4-3-15(17(26)23-16)24-18(27)13-2-1-11(5-14(13)19(24)28)7-22-12-6-20(9-21-10-20)31(29,30)8-12/h1-2,5,12,15,21-22H,3-4,6-10H2,(H,23,25,26). The van der Waals surface area contributed by atoms with Crippen LogP contribution in [0.5, 0.6) is 0 Å². The van der Waals surface area contributed by atoms with Crippen LogP contribution in [0, 0.1) is 0 Å². The summed E-state index contributed by atoms with van der Waals surface area (Å²) in [6.45, 7) is 1.33. The zero-order valence-corrected chi connectivity index (χ0v) is 17.5. The van der Waals surface area contributed by atoms with Crippen molar-refractivity contribution in [2.75, 3.05) is 18.8 Å². The molecule has 0 aliphatic carbocycles. The highest BCUT2D eigenvalue weighted by molar-refractivity contribution is 7.93. The minimum atomic E-state index is -3.15. The molecule has 4 aliphatic rings. The van der Waals surface area contributed by atoms with E-state index in [0.29, 0.717) is 26.1 Å². The molecule has 164 valence electrons. The quantitative estimate of drug-likeness (QED) is 0.485. The maximum atomic E-state index is 12.9. The number of nitrogens with one attached hydrogen (secondary N) is 3. The van der Waals surface area contributed by atoms with Gasteiger partial charge in [0.25, 0.3) is 11.8 Å². The Morgan fingerprint density at radius 1 is 1.10 bits per heavy atom. The van der Waals surface area contributed by atoms with E-state index < -0.39 is 44.3 Å². The van der Waals surface area contributed by atoms with E-state index in [2.05, 4.69) is 16.0 Å². The monoisotopic (exact) mass is 446 g/mol. The SMILES string of the molecule is O=C1CCC(N2C(=O)c3ccc(CNC4CC5(CNC5)S(=O)(=O)C4)cc3C2=O)C(=O)N1. The molecule has 0 radical (unpaired) electrons. The number of imide groups is 2. The number of sulfone groups is 1. The summed E-state index contributed by atoms with van der Waals surface area (Å²) in [6, 6.07) is 3.72. The Balaban J connectivity index is 1.30. The van der Waals surface area contributed by atoms with Crippen LogP contribution in [0.15, 0.2) is 18.2 Å². The number of amides is 4. The van der Waals surface area contributed by atoms with Gasteiger partial charge >= 0.3 is 0 Å². The van der Waals surface area contributed by atoms with Crippen molar-refractivity contribution in [3.05, 3.63) is 34.9 Å². The van der Waals surface area contributed by atoms with E-state index in [0.717, 1.165) is 10.5 Å². The van der Waals surface area contributed by atoms with Crippen molar-refractivity contribution in [1.82, 2.24) is 20.9 Å². The summed E-state index contributed by atoms with van der Waals surface area (Å²) in [5, 5.41) is 8.47. The molecule has 5 rings (SSSR count). The highest BCUT2D eigenvalue weighted by Crippen LogP contribution is 2.36. The van der Waals surface area contributed by atoms with Gasteiger partial charge in [-0.25, -0.2) is 8.42 Å². The maximum absolute atomic E-state index is 12.9. The number of carbonyl (C=O) groups is 4. The van der Waals surface area contributed by atoms with Gasteiger partial charge in [-0.3, -0.25) is 29.4 Å². The lowest BCUT2D eigenvalue weighted by Crippen LogP contribution is -2.62. The van der Waals surface area contributed by atoms with Crippen LogP contribution in [-0.4, -0.2) is 72.6 Å². The molecule has 1 aromatic carbocycles. The molecule has 3 N–H and O–H groups in total. The Kier molecular flexibility index (Phi) is 4.54. The predicted molar refractivity (Wildman–Crippen MR) is 108 cm³/mol. The highest BCUT2D eigenvalue weighted by atomic mass is 32.2. The van der Waals surface area contributed by atoms with Gasteiger partial charge in [-0.15, -0.1) is 0 Å². The minimum Gasteiger partial charge on any atom is -0.313 e. The Morgan fingerprint density at radius 3 is 2.48 bits per heavy atom. The fourth-order valence-corrected chi connectivity index (χ4v) is 7.08. The molecule has 0 bridgehead atoms. The topological polar surface area (TPSA) is 142 Å². The first-order valence-electron chi connectivity index (χ1n) is 10.2. The molecule has 2 unspecified atom stereocenters. The van der Waals surface area contributed by atoms with E-state index in [-0.39, 0.29) is 35.8 Å². The van der Waals surface area contributed by atoms with E-state index in [1.807, 2.05) is 0 Å². The number of hydrogen-bond acceptors (Lipinski definition) is 8. The molecule has 0 saturated carbocycles. The molecular formula is C20H22N4O6S. The number of benzene rings is 1. The average molecular weight is 446 g/mol. The summed E-state index contributed by atoms with van der Waals surface area (Å²) in [4.78, 5) is 50.1. The number of carbonyl (C=O) groups excluding carboxylic acids is 4. The number of hydrogen-bond donors (Lipinski definition) is 3. The van der Waals surface area contributed by atoms with Crippen LogP contribution in [0.1, 0.15) is 45.5 Å². The van der Waals surface area contributed by atoms with Gasteiger partial charge in [-0.2, -0.15) is 0 Å². The van der Waals surface area contributed by atoms with E-state index in [4.69, 9.17) is 0 Å². The van der Waals surface area contributed by atoms with E-state index in [1.165, 1.54) is 0 Å². The van der Waals surface area contributed by atoms with Crippen molar-refractivity contribution < 1.29 is 27.6 Å². The molecule has 1 spiro atoms. The minimum absolute atomic E-state index is 0.0697. The molecule has 3 saturated heterocycles. The largest absolute Gasteiger partial charge is 0.313 e. The number of piperidine rings is 1. The molecule has 11 heteroatoms. The first kappa shape index (κ1) is 20.3. The van der Waals surface area contributed by atoms with Crippen molar-refractivity contribution in [3.63, 3.8) is 0 Å². The Labute approximate surface area is 178 Å². The Hall–Kier alpha value is -2.63. The number of fused-ring (bicyclic) bond motifs is 1. The zero-order chi connectivity index (χ0) is 22.0. The molecule has 1 aromatic rings. The van der Waals surface area contributed by atoms with Crippen LogP contribution in [0.3, 0.4) is 0 Å². The van der Waals surface area contributed by atoms with Gasteiger partial charge < -0.3 is 10.6 Å². The van der Waals surface area contributed by atoms with Crippen LogP contribution in [0.25, 0.3) is 0 Å². The van der Waals surface area contributed by atoms with Gasteiger partial charge in [0.1, 0.15) is 6.04 Å².